The van der Waals surface area contributed by atoms with Crippen LogP contribution < -0.4 is 4.74 Å². The highest BCUT2D eigenvalue weighted by Crippen LogP contribution is 2.30. The van der Waals surface area contributed by atoms with E-state index in [0.29, 0.717) is 4.83 Å². The van der Waals surface area contributed by atoms with E-state index in [9.17, 15) is 0 Å². The molecule has 0 aliphatic carbocycles. The van der Waals surface area contributed by atoms with Crippen molar-refractivity contribution in [2.75, 3.05) is 7.11 Å². The van der Waals surface area contributed by atoms with E-state index in [1.54, 1.807) is 7.11 Å². The zero-order chi connectivity index (χ0) is 15.5. The van der Waals surface area contributed by atoms with Gasteiger partial charge in [0.25, 0.3) is 0 Å². The van der Waals surface area contributed by atoms with E-state index in [2.05, 4.69) is 73.1 Å². The first-order valence-corrected chi connectivity index (χ1v) is 8.19. The summed E-state index contributed by atoms with van der Waals surface area (Å²) in [6, 6.07) is 17.2. The molecule has 0 aliphatic heterocycles. The number of hydrogen-bond donors (Lipinski definition) is 0. The van der Waals surface area contributed by atoms with Gasteiger partial charge in [-0.05, 0) is 40.7 Å². The van der Waals surface area contributed by atoms with Gasteiger partial charge in [0.2, 0.25) is 0 Å². The molecule has 0 radical (unpaired) electrons. The number of rotatable bonds is 4. The number of halogens is 1. The second-order valence-electron chi connectivity index (χ2n) is 6.40. The van der Waals surface area contributed by atoms with Gasteiger partial charge in [-0.2, -0.15) is 0 Å². The van der Waals surface area contributed by atoms with Gasteiger partial charge in [-0.1, -0.05) is 73.1 Å². The Morgan fingerprint density at radius 3 is 2.29 bits per heavy atom. The molecule has 0 saturated carbocycles. The molecule has 1 unspecified atom stereocenters. The van der Waals surface area contributed by atoms with Crippen LogP contribution in [-0.2, 0) is 11.8 Å². The van der Waals surface area contributed by atoms with Crippen molar-refractivity contribution < 1.29 is 4.74 Å². The second kappa shape index (κ2) is 6.65. The summed E-state index contributed by atoms with van der Waals surface area (Å²) in [6.45, 7) is 6.72. The summed E-state index contributed by atoms with van der Waals surface area (Å²) in [4.78, 5) is 0.318. The van der Waals surface area contributed by atoms with Crippen LogP contribution in [0.2, 0.25) is 0 Å². The first kappa shape index (κ1) is 16.1. The van der Waals surface area contributed by atoms with Crippen molar-refractivity contribution >= 4 is 15.9 Å². The summed E-state index contributed by atoms with van der Waals surface area (Å²) >= 11 is 3.80. The van der Waals surface area contributed by atoms with Crippen molar-refractivity contribution in [2.45, 2.75) is 37.4 Å². The van der Waals surface area contributed by atoms with Gasteiger partial charge in [-0.3, -0.25) is 0 Å². The number of methoxy groups -OCH3 is 1. The predicted octanol–water partition coefficient (Wildman–Crippen LogP) is 5.67. The first-order chi connectivity index (χ1) is 9.90. The number of benzene rings is 2. The molecule has 0 fully saturated rings. The third-order valence-electron chi connectivity index (χ3n) is 3.69. The van der Waals surface area contributed by atoms with Gasteiger partial charge in [-0.15, -0.1) is 0 Å². The molecule has 0 aliphatic rings. The molecule has 0 amide bonds. The maximum Gasteiger partial charge on any atom is 0.119 e. The molecular weight excluding hydrogens is 324 g/mol. The average molecular weight is 347 g/mol. The minimum atomic E-state index is 0.202. The van der Waals surface area contributed by atoms with Crippen LogP contribution in [0.1, 0.15) is 42.3 Å². The molecule has 112 valence electrons. The molecular formula is C19H23BrO. The Morgan fingerprint density at radius 1 is 1.05 bits per heavy atom. The van der Waals surface area contributed by atoms with E-state index in [1.165, 1.54) is 16.7 Å². The van der Waals surface area contributed by atoms with Crippen LogP contribution in [0.4, 0.5) is 0 Å². The summed E-state index contributed by atoms with van der Waals surface area (Å²) in [6.07, 6.45) is 0.950. The van der Waals surface area contributed by atoms with E-state index in [4.69, 9.17) is 4.74 Å². The fourth-order valence-corrected chi connectivity index (χ4v) is 3.00. The van der Waals surface area contributed by atoms with Crippen molar-refractivity contribution in [2.24, 2.45) is 0 Å². The van der Waals surface area contributed by atoms with Crippen LogP contribution >= 0.6 is 15.9 Å². The smallest absolute Gasteiger partial charge is 0.119 e. The van der Waals surface area contributed by atoms with E-state index in [-0.39, 0.29) is 5.41 Å². The Hall–Kier alpha value is -1.28. The summed E-state index contributed by atoms with van der Waals surface area (Å²) in [5.74, 6) is 0.912. The van der Waals surface area contributed by atoms with E-state index in [1.807, 2.05) is 12.1 Å². The summed E-state index contributed by atoms with van der Waals surface area (Å²) in [7, 11) is 1.70. The zero-order valence-electron chi connectivity index (χ0n) is 13.2. The lowest BCUT2D eigenvalue weighted by Gasteiger charge is -2.20. The Labute approximate surface area is 136 Å². The minimum Gasteiger partial charge on any atom is -0.497 e. The number of hydrogen-bond acceptors (Lipinski definition) is 1. The molecule has 0 aromatic heterocycles. The van der Waals surface area contributed by atoms with Gasteiger partial charge >= 0.3 is 0 Å². The molecule has 21 heavy (non-hydrogen) atoms. The molecule has 2 rings (SSSR count). The van der Waals surface area contributed by atoms with Gasteiger partial charge < -0.3 is 4.74 Å². The summed E-state index contributed by atoms with van der Waals surface area (Å²) in [5.41, 5.74) is 4.15. The second-order valence-corrected chi connectivity index (χ2v) is 7.50. The van der Waals surface area contributed by atoms with Crippen molar-refractivity contribution in [3.05, 3.63) is 65.2 Å². The van der Waals surface area contributed by atoms with Crippen molar-refractivity contribution in [1.29, 1.82) is 0 Å². The van der Waals surface area contributed by atoms with Crippen LogP contribution in [0.25, 0.3) is 0 Å². The molecule has 2 heteroatoms. The van der Waals surface area contributed by atoms with E-state index >= 15 is 0 Å². The lowest BCUT2D eigenvalue weighted by molar-refractivity contribution is 0.414. The van der Waals surface area contributed by atoms with Crippen LogP contribution in [-0.4, -0.2) is 7.11 Å². The normalized spacial score (nSPS) is 13.0. The standard InChI is InChI=1S/C19H23BrO/c1-19(2,3)16-10-8-15(9-11-16)18(20)13-14-6-5-7-17(12-14)21-4/h5-12,18H,13H2,1-4H3. The largest absolute Gasteiger partial charge is 0.497 e. The van der Waals surface area contributed by atoms with Crippen LogP contribution in [0.15, 0.2) is 48.5 Å². The molecule has 0 saturated heterocycles. The Bertz CT molecular complexity index is 581. The highest BCUT2D eigenvalue weighted by Gasteiger charge is 2.15. The van der Waals surface area contributed by atoms with E-state index in [0.717, 1.165) is 12.2 Å². The lowest BCUT2D eigenvalue weighted by Crippen LogP contribution is -2.10. The highest BCUT2D eigenvalue weighted by molar-refractivity contribution is 9.09. The van der Waals surface area contributed by atoms with Gasteiger partial charge in [0.15, 0.2) is 0 Å². The minimum absolute atomic E-state index is 0.202. The SMILES string of the molecule is COc1cccc(CC(Br)c2ccc(C(C)(C)C)cc2)c1. The first-order valence-electron chi connectivity index (χ1n) is 7.27. The quantitative estimate of drug-likeness (QED) is 0.648. The van der Waals surface area contributed by atoms with Crippen LogP contribution in [0, 0.1) is 0 Å². The fraction of sp³-hybridized carbons (Fsp3) is 0.368. The topological polar surface area (TPSA) is 9.23 Å². The van der Waals surface area contributed by atoms with Crippen LogP contribution in [0.5, 0.6) is 5.75 Å². The summed E-state index contributed by atoms with van der Waals surface area (Å²) in [5, 5.41) is 0. The molecule has 0 heterocycles. The third kappa shape index (κ3) is 4.34. The monoisotopic (exact) mass is 346 g/mol. The molecule has 1 atom stereocenters. The van der Waals surface area contributed by atoms with Gasteiger partial charge in [0.1, 0.15) is 5.75 Å². The lowest BCUT2D eigenvalue weighted by atomic mass is 9.86. The third-order valence-corrected chi connectivity index (χ3v) is 4.54. The van der Waals surface area contributed by atoms with Gasteiger partial charge in [-0.25, -0.2) is 0 Å². The van der Waals surface area contributed by atoms with Crippen molar-refractivity contribution in [3.63, 3.8) is 0 Å². The predicted molar refractivity (Wildman–Crippen MR) is 93.5 cm³/mol. The molecule has 0 bridgehead atoms. The Balaban J connectivity index is 2.11. The number of alkyl halides is 1. The highest BCUT2D eigenvalue weighted by atomic mass is 79.9. The maximum absolute atomic E-state index is 5.28. The molecule has 0 N–H and O–H groups in total. The molecule has 2 aromatic rings. The van der Waals surface area contributed by atoms with Crippen LogP contribution in [0.3, 0.4) is 0 Å². The van der Waals surface area contributed by atoms with Crippen molar-refractivity contribution in [3.8, 4) is 5.75 Å². The Morgan fingerprint density at radius 2 is 1.71 bits per heavy atom. The average Bonchev–Trinajstić information content (AvgIpc) is 2.46. The van der Waals surface area contributed by atoms with Gasteiger partial charge in [0, 0.05) is 4.83 Å². The number of ether oxygens (including phenoxy) is 1. The van der Waals surface area contributed by atoms with Crippen molar-refractivity contribution in [1.82, 2.24) is 0 Å². The molecule has 2 aromatic carbocycles. The molecule has 0 spiro atoms. The van der Waals surface area contributed by atoms with Gasteiger partial charge in [0.05, 0.1) is 7.11 Å². The fourth-order valence-electron chi connectivity index (χ4n) is 2.32. The van der Waals surface area contributed by atoms with E-state index < -0.39 is 0 Å². The zero-order valence-corrected chi connectivity index (χ0v) is 14.8. The summed E-state index contributed by atoms with van der Waals surface area (Å²) < 4.78 is 5.28. The maximum atomic E-state index is 5.28. The molecule has 1 nitrogen and oxygen atoms in total. The Kier molecular flexibility index (Phi) is 5.10.